The van der Waals surface area contributed by atoms with Crippen LogP contribution in [0.1, 0.15) is 12.8 Å². The fraction of sp³-hybridized carbons (Fsp3) is 0.875. The summed E-state index contributed by atoms with van der Waals surface area (Å²) in [6.07, 6.45) is 5.14. The zero-order chi connectivity index (χ0) is 17.1. The Hall–Kier alpha value is 0.911. The molecule has 2 heterocycles. The Morgan fingerprint density at radius 3 is 1.86 bits per heavy atom. The third-order valence-corrected chi connectivity index (χ3v) is 25.9. The Labute approximate surface area is 146 Å². The summed E-state index contributed by atoms with van der Waals surface area (Å²) < 4.78 is 6.91. The Morgan fingerprint density at radius 1 is 1.00 bits per heavy atom. The molecule has 0 aromatic heterocycles. The summed E-state index contributed by atoms with van der Waals surface area (Å²) in [7, 11) is -4.80. The van der Waals surface area contributed by atoms with Crippen molar-refractivity contribution in [3.05, 3.63) is 11.8 Å². The molecule has 3 atom stereocenters. The van der Waals surface area contributed by atoms with Crippen molar-refractivity contribution in [2.75, 3.05) is 0 Å². The molecule has 2 aliphatic heterocycles. The average Bonchev–Trinajstić information content (AvgIpc) is 2.22. The van der Waals surface area contributed by atoms with Crippen LogP contribution >= 0.6 is 18.5 Å². The molecule has 2 bridgehead atoms. The Kier molecular flexibility index (Phi) is 5.01. The van der Waals surface area contributed by atoms with Gasteiger partial charge >= 0.3 is 0 Å². The van der Waals surface area contributed by atoms with Crippen LogP contribution in [0, 0.1) is 5.92 Å². The molecule has 0 aromatic rings. The minimum Gasteiger partial charge on any atom is -0.547 e. The van der Waals surface area contributed by atoms with E-state index in [4.69, 9.17) is 15.7 Å². The molecule has 3 aliphatic rings. The summed E-state index contributed by atoms with van der Waals surface area (Å²) in [5.41, 5.74) is 0.520. The van der Waals surface area contributed by atoms with E-state index in [1.807, 2.05) is 0 Å². The van der Waals surface area contributed by atoms with Crippen LogP contribution in [0.25, 0.3) is 0 Å². The Morgan fingerprint density at radius 2 is 1.50 bits per heavy atom. The maximum absolute atomic E-state index is 7.36. The van der Waals surface area contributed by atoms with Crippen LogP contribution < -0.4 is 0 Å². The van der Waals surface area contributed by atoms with Gasteiger partial charge in [0, 0.05) is 17.3 Å². The second-order valence-electron chi connectivity index (χ2n) is 10.1. The lowest BCUT2D eigenvalue weighted by Gasteiger charge is -2.64. The molecule has 0 unspecified atom stereocenters. The van der Waals surface area contributed by atoms with E-state index in [2.05, 4.69) is 65.0 Å². The second-order valence-corrected chi connectivity index (χ2v) is 29.5. The lowest BCUT2D eigenvalue weighted by atomic mass is 9.94. The molecule has 128 valence electrons. The molecular formula is C16H34ClOPSi3. The van der Waals surface area contributed by atoms with Gasteiger partial charge in [0.15, 0.2) is 0 Å². The van der Waals surface area contributed by atoms with Gasteiger partial charge in [-0.3, -0.25) is 0 Å². The molecule has 0 amide bonds. The standard InChI is InChI=1S/C16H34ClOPSi3/c1-20(2,3)16(21(4,5)6)13-10-11-15(19(16)17)14(12-13)18-22(7,8)9/h12-13,15H,10-11H2,1-9H3/t13-,15+,19+/m0/s1. The van der Waals surface area contributed by atoms with E-state index in [0.717, 1.165) is 0 Å². The zero-order valence-electron chi connectivity index (χ0n) is 15.9. The van der Waals surface area contributed by atoms with Crippen LogP contribution in [0.2, 0.25) is 58.9 Å². The molecular weight excluding hydrogens is 359 g/mol. The Bertz CT molecular complexity index is 459. The lowest BCUT2D eigenvalue weighted by Crippen LogP contribution is -2.71. The van der Waals surface area contributed by atoms with Crippen molar-refractivity contribution < 1.29 is 4.43 Å². The van der Waals surface area contributed by atoms with Crippen LogP contribution in [-0.4, -0.2) is 34.5 Å². The molecule has 3 rings (SSSR count). The highest BCUT2D eigenvalue weighted by molar-refractivity contribution is 7.90. The third-order valence-electron chi connectivity index (χ3n) is 5.30. The van der Waals surface area contributed by atoms with Crippen LogP contribution in [-0.2, 0) is 4.43 Å². The molecule has 1 fully saturated rings. The highest BCUT2D eigenvalue weighted by Gasteiger charge is 2.66. The number of fused-ring (bicyclic) bond motifs is 2. The molecule has 1 saturated heterocycles. The van der Waals surface area contributed by atoms with Crippen molar-refractivity contribution in [3.63, 3.8) is 0 Å². The predicted octanol–water partition coefficient (Wildman–Crippen LogP) is 6.64. The fourth-order valence-corrected chi connectivity index (χ4v) is 31.2. The summed E-state index contributed by atoms with van der Waals surface area (Å²) in [6, 6.07) is 0. The zero-order valence-corrected chi connectivity index (χ0v) is 20.5. The minimum absolute atomic E-state index is 0.451. The van der Waals surface area contributed by atoms with E-state index >= 15 is 0 Å². The first kappa shape index (κ1) is 19.2. The van der Waals surface area contributed by atoms with E-state index in [1.54, 1.807) is 0 Å². The number of halogens is 1. The summed E-state index contributed by atoms with van der Waals surface area (Å²) >= 11 is 7.36. The smallest absolute Gasteiger partial charge is 0.241 e. The van der Waals surface area contributed by atoms with Crippen molar-refractivity contribution in [2.24, 2.45) is 5.92 Å². The maximum atomic E-state index is 7.36. The van der Waals surface area contributed by atoms with Gasteiger partial charge in [-0.1, -0.05) is 50.5 Å². The van der Waals surface area contributed by atoms with Crippen molar-refractivity contribution in [1.82, 2.24) is 0 Å². The SMILES string of the molecule is C[Si](C)(C)OC1=C[C@@H]2CC[C@H]1[P@@](Cl)C2([Si](C)(C)C)[Si](C)(C)C. The van der Waals surface area contributed by atoms with E-state index in [-0.39, 0.29) is 0 Å². The second kappa shape index (κ2) is 5.72. The quantitative estimate of drug-likeness (QED) is 0.384. The monoisotopic (exact) mass is 392 g/mol. The van der Waals surface area contributed by atoms with Crippen LogP contribution in [0.3, 0.4) is 0 Å². The van der Waals surface area contributed by atoms with Crippen LogP contribution in [0.5, 0.6) is 0 Å². The van der Waals surface area contributed by atoms with Gasteiger partial charge in [0.25, 0.3) is 0 Å². The van der Waals surface area contributed by atoms with Crippen molar-refractivity contribution in [2.45, 2.75) is 81.8 Å². The summed E-state index contributed by atoms with van der Waals surface area (Å²) in [6.45, 7) is 22.3. The number of hydrogen-bond donors (Lipinski definition) is 0. The van der Waals surface area contributed by atoms with Gasteiger partial charge in [0.05, 0.1) is 21.9 Å². The van der Waals surface area contributed by atoms with Crippen molar-refractivity contribution in [3.8, 4) is 0 Å². The van der Waals surface area contributed by atoms with Crippen molar-refractivity contribution in [1.29, 1.82) is 0 Å². The number of allylic oxidation sites excluding steroid dienone is 2. The van der Waals surface area contributed by atoms with Crippen molar-refractivity contribution >= 4 is 43.0 Å². The van der Waals surface area contributed by atoms with Gasteiger partial charge in [0.1, 0.15) is 0 Å². The molecule has 0 aromatic carbocycles. The molecule has 0 N–H and O–H groups in total. The largest absolute Gasteiger partial charge is 0.547 e. The highest BCUT2D eigenvalue weighted by Crippen LogP contribution is 2.75. The number of rotatable bonds is 4. The summed E-state index contributed by atoms with van der Waals surface area (Å²) in [5.74, 6) is 1.95. The molecule has 6 heteroatoms. The molecule has 1 nitrogen and oxygen atoms in total. The Balaban J connectivity index is 2.54. The normalized spacial score (nSPS) is 31.9. The molecule has 0 spiro atoms. The first-order chi connectivity index (χ1) is 9.72. The first-order valence-electron chi connectivity index (χ1n) is 8.57. The van der Waals surface area contributed by atoms with Gasteiger partial charge < -0.3 is 4.43 Å². The molecule has 22 heavy (non-hydrogen) atoms. The molecule has 0 radical (unpaired) electrons. The highest BCUT2D eigenvalue weighted by atomic mass is 35.7. The molecule has 0 saturated carbocycles. The maximum Gasteiger partial charge on any atom is 0.241 e. The van der Waals surface area contributed by atoms with E-state index in [1.165, 1.54) is 18.6 Å². The summed E-state index contributed by atoms with van der Waals surface area (Å²) in [4.78, 5) is 0. The average molecular weight is 393 g/mol. The van der Waals surface area contributed by atoms with Crippen LogP contribution in [0.4, 0.5) is 0 Å². The van der Waals surface area contributed by atoms with Gasteiger partial charge in [-0.25, -0.2) is 0 Å². The topological polar surface area (TPSA) is 9.23 Å². The van der Waals surface area contributed by atoms with Gasteiger partial charge in [-0.15, -0.1) is 0 Å². The minimum atomic E-state index is -1.54. The number of hydrogen-bond acceptors (Lipinski definition) is 1. The van der Waals surface area contributed by atoms with Gasteiger partial charge in [0.2, 0.25) is 8.32 Å². The third kappa shape index (κ3) is 2.96. The van der Waals surface area contributed by atoms with E-state index < -0.39 is 31.7 Å². The van der Waals surface area contributed by atoms with Gasteiger partial charge in [-0.05, 0) is 44.5 Å². The first-order valence-corrected chi connectivity index (χ1v) is 21.3. The predicted molar refractivity (Wildman–Crippen MR) is 111 cm³/mol. The van der Waals surface area contributed by atoms with Gasteiger partial charge in [-0.2, -0.15) is 0 Å². The summed E-state index contributed by atoms with van der Waals surface area (Å²) in [5, 5.41) is 0. The lowest BCUT2D eigenvalue weighted by molar-refractivity contribution is 0.347. The fourth-order valence-electron chi connectivity index (χ4n) is 5.16. The van der Waals surface area contributed by atoms with E-state index in [0.29, 0.717) is 16.0 Å². The van der Waals surface area contributed by atoms with E-state index in [9.17, 15) is 0 Å². The molecule has 1 aliphatic carbocycles. The van der Waals surface area contributed by atoms with Crippen LogP contribution in [0.15, 0.2) is 11.8 Å².